The number of fused-ring (bicyclic) bond motifs is 3. The molecule has 0 heterocycles. The van der Waals surface area contributed by atoms with E-state index in [4.69, 9.17) is 0 Å². The van der Waals surface area contributed by atoms with Gasteiger partial charge in [0.15, 0.2) is 0 Å². The first-order valence-electron chi connectivity index (χ1n) is 9.58. The zero-order valence-electron chi connectivity index (χ0n) is 15.2. The van der Waals surface area contributed by atoms with Crippen LogP contribution < -0.4 is 0 Å². The van der Waals surface area contributed by atoms with Crippen LogP contribution in [0.2, 0.25) is 0 Å². The number of aldehydes is 1. The molecule has 3 saturated carbocycles. The number of hydrogen-bond donors (Lipinski definition) is 1. The van der Waals surface area contributed by atoms with Gasteiger partial charge in [-0.1, -0.05) is 26.0 Å². The molecule has 4 aliphatic rings. The van der Waals surface area contributed by atoms with E-state index >= 15 is 0 Å². The summed E-state index contributed by atoms with van der Waals surface area (Å²) in [6.45, 7) is 6.44. The highest BCUT2D eigenvalue weighted by molar-refractivity contribution is 5.77. The Labute approximate surface area is 144 Å². The highest BCUT2D eigenvalue weighted by Crippen LogP contribution is 2.73. The predicted octanol–water partition coefficient (Wildman–Crippen LogP) is 4.47. The Morgan fingerprint density at radius 2 is 1.92 bits per heavy atom. The molecular formula is C21H30O3. The minimum atomic E-state index is -0.738. The maximum Gasteiger partial charge on any atom is 0.313 e. The van der Waals surface area contributed by atoms with Gasteiger partial charge in [0, 0.05) is 5.41 Å². The summed E-state index contributed by atoms with van der Waals surface area (Å²) in [6, 6.07) is 0. The van der Waals surface area contributed by atoms with Crippen molar-refractivity contribution in [3.05, 3.63) is 12.2 Å². The molecule has 3 heteroatoms. The van der Waals surface area contributed by atoms with Gasteiger partial charge in [-0.25, -0.2) is 0 Å². The Hall–Kier alpha value is -1.12. The van der Waals surface area contributed by atoms with Crippen LogP contribution in [0.5, 0.6) is 0 Å². The molecule has 4 rings (SSSR count). The van der Waals surface area contributed by atoms with Crippen LogP contribution in [0.15, 0.2) is 12.2 Å². The summed E-state index contributed by atoms with van der Waals surface area (Å²) < 4.78 is 0. The minimum Gasteiger partial charge on any atom is -0.481 e. The molecule has 24 heavy (non-hydrogen) atoms. The minimum absolute atomic E-state index is 0.0548. The number of aliphatic carboxylic acids is 1. The second-order valence-electron chi connectivity index (χ2n) is 9.99. The fraction of sp³-hybridized carbons (Fsp3) is 0.810. The van der Waals surface area contributed by atoms with E-state index in [0.29, 0.717) is 11.8 Å². The molecule has 0 amide bonds. The molecule has 1 unspecified atom stereocenters. The number of rotatable bonds is 2. The van der Waals surface area contributed by atoms with Crippen LogP contribution in [0.1, 0.15) is 65.7 Å². The van der Waals surface area contributed by atoms with E-state index in [0.717, 1.165) is 32.1 Å². The molecule has 1 N–H and O–H groups in total. The zero-order valence-corrected chi connectivity index (χ0v) is 15.2. The van der Waals surface area contributed by atoms with Crippen molar-refractivity contribution in [3.8, 4) is 0 Å². The van der Waals surface area contributed by atoms with Crippen LogP contribution in [0.4, 0.5) is 0 Å². The summed E-state index contributed by atoms with van der Waals surface area (Å²) in [5.74, 6) is 0.632. The first kappa shape index (κ1) is 16.4. The van der Waals surface area contributed by atoms with Crippen LogP contribution >= 0.6 is 0 Å². The van der Waals surface area contributed by atoms with Crippen LogP contribution in [0, 0.1) is 39.4 Å². The Balaban J connectivity index is 1.76. The molecular weight excluding hydrogens is 300 g/mol. The van der Waals surface area contributed by atoms with Gasteiger partial charge in [-0.2, -0.15) is 0 Å². The zero-order chi connectivity index (χ0) is 17.4. The van der Waals surface area contributed by atoms with Gasteiger partial charge >= 0.3 is 5.97 Å². The topological polar surface area (TPSA) is 54.4 Å². The Bertz CT molecular complexity index is 625. The summed E-state index contributed by atoms with van der Waals surface area (Å²) in [7, 11) is 0. The van der Waals surface area contributed by atoms with Crippen molar-refractivity contribution in [2.24, 2.45) is 39.4 Å². The summed E-state index contributed by atoms with van der Waals surface area (Å²) in [4.78, 5) is 23.9. The Morgan fingerprint density at radius 3 is 2.58 bits per heavy atom. The molecule has 3 nitrogen and oxygen atoms in total. The number of carboxylic acids is 1. The second kappa shape index (κ2) is 4.74. The molecule has 0 saturated heterocycles. The molecule has 0 radical (unpaired) electrons. The summed E-state index contributed by atoms with van der Waals surface area (Å²) in [5, 5.41) is 9.90. The van der Waals surface area contributed by atoms with Gasteiger partial charge in [0.25, 0.3) is 0 Å². The molecule has 0 aromatic heterocycles. The van der Waals surface area contributed by atoms with Crippen molar-refractivity contribution in [1.29, 1.82) is 0 Å². The lowest BCUT2D eigenvalue weighted by molar-refractivity contribution is -0.164. The van der Waals surface area contributed by atoms with Gasteiger partial charge < -0.3 is 9.90 Å². The Kier molecular flexibility index (Phi) is 3.23. The van der Waals surface area contributed by atoms with Gasteiger partial charge in [0.1, 0.15) is 6.29 Å². The SMILES string of the molecule is CC1(C(=O)O)C=CC[C@@]2(C)[C@H]1CC[C@]13C[C@@H](CC[C@@H]12)[C@@](C)(C=O)C3. The van der Waals surface area contributed by atoms with Crippen LogP contribution in [-0.2, 0) is 9.59 Å². The normalized spacial score (nSPS) is 55.5. The van der Waals surface area contributed by atoms with Gasteiger partial charge in [-0.3, -0.25) is 4.79 Å². The highest BCUT2D eigenvalue weighted by atomic mass is 16.4. The van der Waals surface area contributed by atoms with Gasteiger partial charge in [0.05, 0.1) is 5.41 Å². The number of carbonyl (C=O) groups excluding carboxylic acids is 1. The van der Waals surface area contributed by atoms with Crippen LogP contribution in [0.25, 0.3) is 0 Å². The molecule has 4 aliphatic carbocycles. The van der Waals surface area contributed by atoms with Crippen molar-refractivity contribution in [2.45, 2.75) is 65.7 Å². The monoisotopic (exact) mass is 330 g/mol. The predicted molar refractivity (Wildman–Crippen MR) is 92.4 cm³/mol. The Morgan fingerprint density at radius 1 is 1.17 bits per heavy atom. The largest absolute Gasteiger partial charge is 0.481 e. The molecule has 132 valence electrons. The molecule has 0 aromatic rings. The lowest BCUT2D eigenvalue weighted by atomic mass is 9.42. The lowest BCUT2D eigenvalue weighted by Crippen LogP contribution is -2.57. The highest BCUT2D eigenvalue weighted by Gasteiger charge is 2.67. The van der Waals surface area contributed by atoms with E-state index in [-0.39, 0.29) is 22.2 Å². The first-order valence-corrected chi connectivity index (χ1v) is 9.58. The molecule has 7 atom stereocenters. The van der Waals surface area contributed by atoms with Gasteiger partial charge in [-0.05, 0) is 80.5 Å². The van der Waals surface area contributed by atoms with Crippen molar-refractivity contribution in [2.75, 3.05) is 0 Å². The van der Waals surface area contributed by atoms with Crippen molar-refractivity contribution < 1.29 is 14.7 Å². The van der Waals surface area contributed by atoms with E-state index < -0.39 is 11.4 Å². The van der Waals surface area contributed by atoms with Crippen molar-refractivity contribution in [1.82, 2.24) is 0 Å². The average molecular weight is 330 g/mol. The van der Waals surface area contributed by atoms with Gasteiger partial charge in [0.2, 0.25) is 0 Å². The summed E-state index contributed by atoms with van der Waals surface area (Å²) >= 11 is 0. The number of allylic oxidation sites excluding steroid dienone is 1. The summed E-state index contributed by atoms with van der Waals surface area (Å²) in [5.41, 5.74) is -0.565. The molecule has 0 aliphatic heterocycles. The quantitative estimate of drug-likeness (QED) is 0.600. The third-order valence-electron chi connectivity index (χ3n) is 8.86. The van der Waals surface area contributed by atoms with Gasteiger partial charge in [-0.15, -0.1) is 0 Å². The maximum absolute atomic E-state index is 12.0. The number of carbonyl (C=O) groups is 2. The van der Waals surface area contributed by atoms with Crippen molar-refractivity contribution in [3.63, 3.8) is 0 Å². The van der Waals surface area contributed by atoms with Crippen LogP contribution in [0.3, 0.4) is 0 Å². The van der Waals surface area contributed by atoms with E-state index in [2.05, 4.69) is 19.9 Å². The molecule has 0 aromatic carbocycles. The van der Waals surface area contributed by atoms with Crippen molar-refractivity contribution >= 4 is 12.3 Å². The standard InChI is InChI=1S/C21H30O3/c1-18(13-22)12-21-10-7-15-19(2,16(21)6-5-14(18)11-21)8-4-9-20(15,3)17(23)24/h4,9,13-16H,5-8,10-12H2,1-3H3,(H,23,24)/t14-,15-,16-,18-,19+,20?,21-/m1/s1. The summed E-state index contributed by atoms with van der Waals surface area (Å²) in [6.07, 6.45) is 12.9. The fourth-order valence-electron chi connectivity index (χ4n) is 7.77. The molecule has 2 bridgehead atoms. The second-order valence-corrected chi connectivity index (χ2v) is 9.99. The third kappa shape index (κ3) is 1.79. The number of hydrogen-bond acceptors (Lipinski definition) is 2. The molecule has 1 spiro atoms. The smallest absolute Gasteiger partial charge is 0.313 e. The number of carboxylic acid groups (broad SMARTS) is 1. The van der Waals surface area contributed by atoms with E-state index in [1.54, 1.807) is 0 Å². The lowest BCUT2D eigenvalue weighted by Gasteiger charge is -2.62. The van der Waals surface area contributed by atoms with Crippen LogP contribution in [-0.4, -0.2) is 17.4 Å². The maximum atomic E-state index is 12.0. The third-order valence-corrected chi connectivity index (χ3v) is 8.86. The van der Waals surface area contributed by atoms with E-state index in [9.17, 15) is 14.7 Å². The molecule has 3 fully saturated rings. The van der Waals surface area contributed by atoms with E-state index in [1.165, 1.54) is 19.1 Å². The average Bonchev–Trinajstić information content (AvgIpc) is 2.73. The van der Waals surface area contributed by atoms with E-state index in [1.807, 2.05) is 13.0 Å². The first-order chi connectivity index (χ1) is 11.2. The fourth-order valence-corrected chi connectivity index (χ4v) is 7.77.